The molecule has 3 aromatic rings. The van der Waals surface area contributed by atoms with Crippen LogP contribution in [0.25, 0.3) is 22.4 Å². The number of aromatic carboxylic acids is 1. The molecule has 0 aliphatic carbocycles. The normalized spacial score (nSPS) is 11.0. The van der Waals surface area contributed by atoms with E-state index in [2.05, 4.69) is 4.98 Å². The fourth-order valence-electron chi connectivity index (χ4n) is 2.27. The van der Waals surface area contributed by atoms with Crippen molar-refractivity contribution >= 4 is 17.0 Å². The Morgan fingerprint density at radius 1 is 1.19 bits per heavy atom. The summed E-state index contributed by atoms with van der Waals surface area (Å²) in [5.41, 5.74) is 0.807. The lowest BCUT2D eigenvalue weighted by molar-refractivity contribution is 0.0697. The van der Waals surface area contributed by atoms with Crippen LogP contribution in [0.5, 0.6) is 0 Å². The van der Waals surface area contributed by atoms with Crippen LogP contribution >= 0.6 is 0 Å². The number of fused-ring (bicyclic) bond motifs is 1. The second kappa shape index (κ2) is 4.66. The van der Waals surface area contributed by atoms with Gasteiger partial charge in [-0.15, -0.1) is 0 Å². The highest BCUT2D eigenvalue weighted by Crippen LogP contribution is 2.28. The second-order valence-electron chi connectivity index (χ2n) is 4.60. The lowest BCUT2D eigenvalue weighted by Crippen LogP contribution is -1.98. The Balaban J connectivity index is 2.29. The summed E-state index contributed by atoms with van der Waals surface area (Å²) in [7, 11) is 1.62. The number of carboxylic acids is 1. The van der Waals surface area contributed by atoms with Crippen molar-refractivity contribution < 1.29 is 18.7 Å². The molecular formula is C15H10F2N2O2. The fourth-order valence-corrected chi connectivity index (χ4v) is 2.27. The number of rotatable bonds is 2. The van der Waals surface area contributed by atoms with Gasteiger partial charge in [-0.2, -0.15) is 0 Å². The van der Waals surface area contributed by atoms with Gasteiger partial charge in [0.2, 0.25) is 0 Å². The molecule has 0 atom stereocenters. The van der Waals surface area contributed by atoms with Crippen molar-refractivity contribution in [2.45, 2.75) is 0 Å². The van der Waals surface area contributed by atoms with E-state index in [-0.39, 0.29) is 17.0 Å². The first kappa shape index (κ1) is 13.2. The second-order valence-corrected chi connectivity index (χ2v) is 4.60. The van der Waals surface area contributed by atoms with Crippen molar-refractivity contribution in [3.63, 3.8) is 0 Å². The topological polar surface area (TPSA) is 55.1 Å². The highest BCUT2D eigenvalue weighted by Gasteiger charge is 2.18. The van der Waals surface area contributed by atoms with Gasteiger partial charge in [0.25, 0.3) is 0 Å². The van der Waals surface area contributed by atoms with Crippen LogP contribution in [-0.4, -0.2) is 20.6 Å². The summed E-state index contributed by atoms with van der Waals surface area (Å²) in [5, 5.41) is 8.97. The van der Waals surface area contributed by atoms with Crippen LogP contribution in [0.4, 0.5) is 8.78 Å². The molecule has 6 heteroatoms. The van der Waals surface area contributed by atoms with Crippen LogP contribution in [-0.2, 0) is 7.05 Å². The van der Waals surface area contributed by atoms with E-state index in [0.29, 0.717) is 11.0 Å². The first-order valence-electron chi connectivity index (χ1n) is 6.13. The molecule has 21 heavy (non-hydrogen) atoms. The summed E-state index contributed by atoms with van der Waals surface area (Å²) >= 11 is 0. The third-order valence-corrected chi connectivity index (χ3v) is 3.31. The summed E-state index contributed by atoms with van der Waals surface area (Å²) in [5.74, 6) is -2.40. The molecule has 1 aromatic heterocycles. The Morgan fingerprint density at radius 3 is 2.48 bits per heavy atom. The molecule has 3 rings (SSSR count). The summed E-state index contributed by atoms with van der Waals surface area (Å²) < 4.78 is 29.3. The first-order chi connectivity index (χ1) is 9.99. The largest absolute Gasteiger partial charge is 0.478 e. The number of carboxylic acid groups (broad SMARTS) is 1. The van der Waals surface area contributed by atoms with Gasteiger partial charge in [-0.05, 0) is 30.3 Å². The third kappa shape index (κ3) is 2.05. The van der Waals surface area contributed by atoms with Gasteiger partial charge < -0.3 is 9.67 Å². The zero-order valence-electron chi connectivity index (χ0n) is 11.0. The van der Waals surface area contributed by atoms with E-state index in [9.17, 15) is 13.6 Å². The van der Waals surface area contributed by atoms with Gasteiger partial charge in [0, 0.05) is 7.05 Å². The number of carbonyl (C=O) groups is 1. The number of imidazole rings is 1. The molecule has 0 saturated heterocycles. The summed E-state index contributed by atoms with van der Waals surface area (Å²) in [4.78, 5) is 15.1. The minimum atomic E-state index is -1.08. The summed E-state index contributed by atoms with van der Waals surface area (Å²) in [6, 6.07) is 7.95. The van der Waals surface area contributed by atoms with Crippen molar-refractivity contribution in [3.8, 4) is 11.4 Å². The molecule has 1 N–H and O–H groups in total. The molecule has 4 nitrogen and oxygen atoms in total. The molecule has 0 unspecified atom stereocenters. The number of benzene rings is 2. The lowest BCUT2D eigenvalue weighted by atomic mass is 10.2. The number of nitrogens with zero attached hydrogens (tertiary/aromatic N) is 2. The van der Waals surface area contributed by atoms with Gasteiger partial charge in [-0.3, -0.25) is 0 Å². The van der Waals surface area contributed by atoms with Crippen LogP contribution < -0.4 is 0 Å². The standard InChI is InChI=1S/C15H10F2N2O2/c1-19-12-6-5-8(15(20)21)7-11(12)18-14(19)13-9(16)3-2-4-10(13)17/h2-7H,1H3,(H,20,21). The molecule has 1 heterocycles. The van der Waals surface area contributed by atoms with Crippen LogP contribution in [0.15, 0.2) is 36.4 Å². The Bertz CT molecular complexity index is 851. The van der Waals surface area contributed by atoms with E-state index >= 15 is 0 Å². The maximum absolute atomic E-state index is 13.9. The zero-order chi connectivity index (χ0) is 15.1. The van der Waals surface area contributed by atoms with Crippen molar-refractivity contribution in [2.75, 3.05) is 0 Å². The van der Waals surface area contributed by atoms with E-state index in [1.807, 2.05) is 0 Å². The van der Waals surface area contributed by atoms with Crippen molar-refractivity contribution in [1.29, 1.82) is 0 Å². The van der Waals surface area contributed by atoms with Crippen LogP contribution in [0.1, 0.15) is 10.4 Å². The van der Waals surface area contributed by atoms with Crippen LogP contribution in [0, 0.1) is 11.6 Å². The molecule has 2 aromatic carbocycles. The number of halogens is 2. The number of hydrogen-bond acceptors (Lipinski definition) is 2. The maximum atomic E-state index is 13.9. The Kier molecular flexibility index (Phi) is 2.94. The van der Waals surface area contributed by atoms with Crippen LogP contribution in [0.3, 0.4) is 0 Å². The molecule has 0 bridgehead atoms. The molecule has 0 fully saturated rings. The van der Waals surface area contributed by atoms with Gasteiger partial charge >= 0.3 is 5.97 Å². The predicted octanol–water partition coefficient (Wildman–Crippen LogP) is 3.22. The molecule has 106 valence electrons. The third-order valence-electron chi connectivity index (χ3n) is 3.31. The molecule has 0 aliphatic heterocycles. The first-order valence-corrected chi connectivity index (χ1v) is 6.13. The fraction of sp³-hybridized carbons (Fsp3) is 0.0667. The SMILES string of the molecule is Cn1c(-c2c(F)cccc2F)nc2cc(C(=O)O)ccc21. The molecular weight excluding hydrogens is 278 g/mol. The maximum Gasteiger partial charge on any atom is 0.335 e. The highest BCUT2D eigenvalue weighted by molar-refractivity contribution is 5.93. The van der Waals surface area contributed by atoms with Gasteiger partial charge in [0.05, 0.1) is 22.2 Å². The van der Waals surface area contributed by atoms with Crippen molar-refractivity contribution in [3.05, 3.63) is 53.6 Å². The van der Waals surface area contributed by atoms with Gasteiger partial charge in [-0.1, -0.05) is 6.07 Å². The summed E-state index contributed by atoms with van der Waals surface area (Å²) in [6.07, 6.45) is 0. The Labute approximate surface area is 118 Å². The van der Waals surface area contributed by atoms with E-state index in [0.717, 1.165) is 12.1 Å². The van der Waals surface area contributed by atoms with Crippen molar-refractivity contribution in [2.24, 2.45) is 7.05 Å². The van der Waals surface area contributed by atoms with Crippen molar-refractivity contribution in [1.82, 2.24) is 9.55 Å². The van der Waals surface area contributed by atoms with Gasteiger partial charge in [0.1, 0.15) is 17.5 Å². The molecule has 0 spiro atoms. The van der Waals surface area contributed by atoms with E-state index in [1.165, 1.54) is 22.8 Å². The Morgan fingerprint density at radius 2 is 1.86 bits per heavy atom. The minimum Gasteiger partial charge on any atom is -0.478 e. The average molecular weight is 288 g/mol. The quantitative estimate of drug-likeness (QED) is 0.787. The number of hydrogen-bond donors (Lipinski definition) is 1. The summed E-state index contributed by atoms with van der Waals surface area (Å²) in [6.45, 7) is 0. The highest BCUT2D eigenvalue weighted by atomic mass is 19.1. The predicted molar refractivity (Wildman–Crippen MR) is 73.0 cm³/mol. The zero-order valence-corrected chi connectivity index (χ0v) is 11.0. The van der Waals surface area contributed by atoms with E-state index in [4.69, 9.17) is 5.11 Å². The Hall–Kier alpha value is -2.76. The monoisotopic (exact) mass is 288 g/mol. The average Bonchev–Trinajstić information content (AvgIpc) is 2.75. The lowest BCUT2D eigenvalue weighted by Gasteiger charge is -2.05. The molecule has 0 aliphatic rings. The smallest absolute Gasteiger partial charge is 0.335 e. The molecule has 0 saturated carbocycles. The van der Waals surface area contributed by atoms with Gasteiger partial charge in [0.15, 0.2) is 0 Å². The van der Waals surface area contributed by atoms with Gasteiger partial charge in [-0.25, -0.2) is 18.6 Å². The van der Waals surface area contributed by atoms with Crippen LogP contribution in [0.2, 0.25) is 0 Å². The molecule has 0 amide bonds. The van der Waals surface area contributed by atoms with E-state index in [1.54, 1.807) is 13.1 Å². The number of aromatic nitrogens is 2. The minimum absolute atomic E-state index is 0.0705. The molecule has 0 radical (unpaired) electrons. The number of aryl methyl sites for hydroxylation is 1. The van der Waals surface area contributed by atoms with E-state index < -0.39 is 17.6 Å².